The highest BCUT2D eigenvalue weighted by atomic mass is 16.5. The van der Waals surface area contributed by atoms with Crippen LogP contribution in [0.2, 0.25) is 0 Å². The third-order valence-corrected chi connectivity index (χ3v) is 3.10. The van der Waals surface area contributed by atoms with Crippen LogP contribution in [0.4, 0.5) is 0 Å². The Hall–Kier alpha value is -1.42. The van der Waals surface area contributed by atoms with Gasteiger partial charge in [0.25, 0.3) is 0 Å². The van der Waals surface area contributed by atoms with E-state index < -0.39 is 0 Å². The van der Waals surface area contributed by atoms with Crippen molar-refractivity contribution in [2.45, 2.75) is 31.7 Å². The van der Waals surface area contributed by atoms with E-state index in [4.69, 9.17) is 4.74 Å². The molecular weight excluding hydrogens is 216 g/mol. The van der Waals surface area contributed by atoms with Crippen molar-refractivity contribution in [1.82, 2.24) is 10.3 Å². The Bertz CT molecular complexity index is 385. The lowest BCUT2D eigenvalue weighted by Gasteiger charge is -2.15. The smallest absolute Gasteiger partial charge is 0.201 e. The van der Waals surface area contributed by atoms with Crippen LogP contribution < -0.4 is 10.1 Å². The Morgan fingerprint density at radius 1 is 1.47 bits per heavy atom. The average molecular weight is 234 g/mol. The summed E-state index contributed by atoms with van der Waals surface area (Å²) in [5.74, 6) is 0.605. The summed E-state index contributed by atoms with van der Waals surface area (Å²) >= 11 is 0. The molecule has 0 radical (unpaired) electrons. The highest BCUT2D eigenvalue weighted by Gasteiger charge is 2.24. The summed E-state index contributed by atoms with van der Waals surface area (Å²) in [6, 6.07) is 3.44. The van der Waals surface area contributed by atoms with Crippen molar-refractivity contribution >= 4 is 5.78 Å². The zero-order valence-corrected chi connectivity index (χ0v) is 10.1. The molecule has 4 nitrogen and oxygen atoms in total. The van der Waals surface area contributed by atoms with Crippen LogP contribution in [-0.2, 0) is 0 Å². The molecule has 1 aromatic heterocycles. The van der Waals surface area contributed by atoms with Gasteiger partial charge < -0.3 is 10.1 Å². The molecular formula is C13H18N2O2. The molecule has 0 aromatic carbocycles. The fourth-order valence-corrected chi connectivity index (χ4v) is 2.16. The zero-order chi connectivity index (χ0) is 12.1. The first kappa shape index (κ1) is 12.0. The Balaban J connectivity index is 2.17. The van der Waals surface area contributed by atoms with Crippen molar-refractivity contribution in [3.63, 3.8) is 0 Å². The third-order valence-electron chi connectivity index (χ3n) is 3.10. The SMILES string of the molecule is COc1cccnc1C(=O)C1CCCCCN1. The van der Waals surface area contributed by atoms with Crippen molar-refractivity contribution in [3.05, 3.63) is 24.0 Å². The van der Waals surface area contributed by atoms with Crippen molar-refractivity contribution in [3.8, 4) is 5.75 Å². The molecule has 1 saturated heterocycles. The Morgan fingerprint density at radius 3 is 3.18 bits per heavy atom. The molecule has 0 amide bonds. The molecule has 0 spiro atoms. The Labute approximate surface area is 101 Å². The van der Waals surface area contributed by atoms with E-state index >= 15 is 0 Å². The van der Waals surface area contributed by atoms with Gasteiger partial charge in [-0.2, -0.15) is 0 Å². The highest BCUT2D eigenvalue weighted by molar-refractivity contribution is 6.00. The Morgan fingerprint density at radius 2 is 2.35 bits per heavy atom. The third kappa shape index (κ3) is 2.82. The van der Waals surface area contributed by atoms with Crippen molar-refractivity contribution in [2.75, 3.05) is 13.7 Å². The zero-order valence-electron chi connectivity index (χ0n) is 10.1. The van der Waals surface area contributed by atoms with Gasteiger partial charge in [-0.05, 0) is 31.5 Å². The first-order chi connectivity index (χ1) is 8.33. The molecule has 0 bridgehead atoms. The first-order valence-electron chi connectivity index (χ1n) is 6.09. The molecule has 4 heteroatoms. The van der Waals surface area contributed by atoms with Crippen LogP contribution in [0.15, 0.2) is 18.3 Å². The minimum atomic E-state index is -0.110. The topological polar surface area (TPSA) is 51.2 Å². The van der Waals surface area contributed by atoms with Gasteiger partial charge in [-0.1, -0.05) is 12.8 Å². The predicted octanol–water partition coefficient (Wildman–Crippen LogP) is 1.81. The molecule has 1 aromatic rings. The van der Waals surface area contributed by atoms with E-state index in [9.17, 15) is 4.79 Å². The van der Waals surface area contributed by atoms with Crippen LogP contribution in [0, 0.1) is 0 Å². The maximum absolute atomic E-state index is 12.3. The molecule has 0 saturated carbocycles. The molecule has 1 aliphatic rings. The van der Waals surface area contributed by atoms with E-state index in [2.05, 4.69) is 10.3 Å². The molecule has 2 heterocycles. The second kappa shape index (κ2) is 5.77. The summed E-state index contributed by atoms with van der Waals surface area (Å²) in [4.78, 5) is 16.5. The number of aromatic nitrogens is 1. The minimum Gasteiger partial charge on any atom is -0.494 e. The second-order valence-corrected chi connectivity index (χ2v) is 4.27. The quantitative estimate of drug-likeness (QED) is 0.810. The molecule has 1 aliphatic heterocycles. The number of nitrogens with zero attached hydrogens (tertiary/aromatic N) is 1. The summed E-state index contributed by atoms with van der Waals surface area (Å²) in [5, 5.41) is 3.29. The fraction of sp³-hybridized carbons (Fsp3) is 0.538. The molecule has 92 valence electrons. The molecule has 1 N–H and O–H groups in total. The van der Waals surface area contributed by atoms with Gasteiger partial charge in [0.05, 0.1) is 13.2 Å². The van der Waals surface area contributed by atoms with Gasteiger partial charge in [-0.25, -0.2) is 4.98 Å². The van der Waals surface area contributed by atoms with Gasteiger partial charge >= 0.3 is 0 Å². The molecule has 1 unspecified atom stereocenters. The lowest BCUT2D eigenvalue weighted by molar-refractivity contribution is 0.0932. The van der Waals surface area contributed by atoms with Crippen molar-refractivity contribution in [2.24, 2.45) is 0 Å². The summed E-state index contributed by atoms with van der Waals surface area (Å²) in [5.41, 5.74) is 0.439. The number of pyridine rings is 1. The number of Topliss-reactive ketones (excluding diaryl/α,β-unsaturated/α-hetero) is 1. The number of hydrogen-bond donors (Lipinski definition) is 1. The van der Waals surface area contributed by atoms with Crippen molar-refractivity contribution in [1.29, 1.82) is 0 Å². The standard InChI is InChI=1S/C13H18N2O2/c1-17-11-7-5-9-15-12(11)13(16)10-6-3-2-4-8-14-10/h5,7,9-10,14H,2-4,6,8H2,1H3. The lowest BCUT2D eigenvalue weighted by atomic mass is 10.0. The van der Waals surface area contributed by atoms with E-state index in [0.29, 0.717) is 11.4 Å². The number of rotatable bonds is 3. The largest absolute Gasteiger partial charge is 0.494 e. The molecule has 17 heavy (non-hydrogen) atoms. The van der Waals surface area contributed by atoms with Crippen LogP contribution in [0.3, 0.4) is 0 Å². The van der Waals surface area contributed by atoms with Crippen LogP contribution in [0.25, 0.3) is 0 Å². The average Bonchev–Trinajstić information content (AvgIpc) is 2.66. The minimum absolute atomic E-state index is 0.0457. The van der Waals surface area contributed by atoms with E-state index in [1.54, 1.807) is 25.4 Å². The monoisotopic (exact) mass is 234 g/mol. The fourth-order valence-electron chi connectivity index (χ4n) is 2.16. The van der Waals surface area contributed by atoms with Crippen LogP contribution in [0.1, 0.15) is 36.2 Å². The van der Waals surface area contributed by atoms with Gasteiger partial charge in [-0.3, -0.25) is 4.79 Å². The van der Waals surface area contributed by atoms with Gasteiger partial charge in [0, 0.05) is 6.20 Å². The van der Waals surface area contributed by atoms with E-state index in [-0.39, 0.29) is 11.8 Å². The summed E-state index contributed by atoms with van der Waals surface area (Å²) in [6.07, 6.45) is 5.95. The number of carbonyl (C=O) groups is 1. The number of ether oxygens (including phenoxy) is 1. The van der Waals surface area contributed by atoms with Crippen LogP contribution in [0.5, 0.6) is 5.75 Å². The summed E-state index contributed by atoms with van der Waals surface area (Å²) in [7, 11) is 1.56. The van der Waals surface area contributed by atoms with E-state index in [1.165, 1.54) is 6.42 Å². The molecule has 1 fully saturated rings. The van der Waals surface area contributed by atoms with Gasteiger partial charge in [-0.15, -0.1) is 0 Å². The normalized spacial score (nSPS) is 20.6. The number of hydrogen-bond acceptors (Lipinski definition) is 4. The number of ketones is 1. The number of carbonyl (C=O) groups excluding carboxylic acids is 1. The first-order valence-corrected chi connectivity index (χ1v) is 6.09. The van der Waals surface area contributed by atoms with Gasteiger partial charge in [0.15, 0.2) is 0 Å². The van der Waals surface area contributed by atoms with E-state index in [0.717, 1.165) is 25.8 Å². The van der Waals surface area contributed by atoms with Gasteiger partial charge in [0.2, 0.25) is 5.78 Å². The molecule has 0 aliphatic carbocycles. The number of methoxy groups -OCH3 is 1. The van der Waals surface area contributed by atoms with Crippen LogP contribution >= 0.6 is 0 Å². The van der Waals surface area contributed by atoms with Crippen LogP contribution in [-0.4, -0.2) is 30.5 Å². The van der Waals surface area contributed by atoms with E-state index in [1.807, 2.05) is 0 Å². The molecule has 1 atom stereocenters. The maximum Gasteiger partial charge on any atom is 0.201 e. The molecule has 2 rings (SSSR count). The van der Waals surface area contributed by atoms with Gasteiger partial charge in [0.1, 0.15) is 11.4 Å². The second-order valence-electron chi connectivity index (χ2n) is 4.27. The maximum atomic E-state index is 12.3. The summed E-state index contributed by atoms with van der Waals surface area (Å²) in [6.45, 7) is 0.908. The highest BCUT2D eigenvalue weighted by Crippen LogP contribution is 2.19. The summed E-state index contributed by atoms with van der Waals surface area (Å²) < 4.78 is 5.18. The van der Waals surface area contributed by atoms with Crippen molar-refractivity contribution < 1.29 is 9.53 Å². The lowest BCUT2D eigenvalue weighted by Crippen LogP contribution is -2.36. The predicted molar refractivity (Wildman–Crippen MR) is 65.4 cm³/mol. The Kier molecular flexibility index (Phi) is 4.09. The number of nitrogens with one attached hydrogen (secondary N) is 1.